The van der Waals surface area contributed by atoms with Gasteiger partial charge in [-0.3, -0.25) is 0 Å². The number of rotatable bonds is 2. The summed E-state index contributed by atoms with van der Waals surface area (Å²) in [6.07, 6.45) is 1.29. The topological polar surface area (TPSA) is 26.0 Å². The maximum Gasteiger partial charge on any atom is -0.00381 e. The van der Waals surface area contributed by atoms with Crippen molar-refractivity contribution in [3.63, 3.8) is 0 Å². The highest BCUT2D eigenvalue weighted by molar-refractivity contribution is 5.15. The zero-order valence-corrected chi connectivity index (χ0v) is 10.1. The quantitative estimate of drug-likeness (QED) is 0.699. The van der Waals surface area contributed by atoms with Crippen LogP contribution in [0.5, 0.6) is 0 Å². The van der Waals surface area contributed by atoms with Crippen molar-refractivity contribution < 1.29 is 0 Å². The maximum absolute atomic E-state index is 5.80. The third-order valence-corrected chi connectivity index (χ3v) is 4.16. The molecule has 0 aliphatic heterocycles. The normalized spacial score (nSPS) is 37.6. The molecule has 0 aromatic heterocycles. The third kappa shape index (κ3) is 1.63. The van der Waals surface area contributed by atoms with Gasteiger partial charge in [-0.2, -0.15) is 0 Å². The van der Waals surface area contributed by atoms with E-state index in [1.165, 1.54) is 6.42 Å². The summed E-state index contributed by atoms with van der Waals surface area (Å²) in [7, 11) is 0. The molecule has 78 valence electrons. The first-order valence-electron chi connectivity index (χ1n) is 5.35. The van der Waals surface area contributed by atoms with Crippen LogP contribution in [0.1, 0.15) is 48.0 Å². The standard InChI is InChI=1S/C12H25N/c1-10(2,3)8-12(6)9(7-13)11(12,4)5/h9H,7-8,13H2,1-6H3. The molecule has 1 heteroatoms. The van der Waals surface area contributed by atoms with E-state index in [1.807, 2.05) is 0 Å². The third-order valence-electron chi connectivity index (χ3n) is 4.16. The van der Waals surface area contributed by atoms with Crippen LogP contribution in [0.4, 0.5) is 0 Å². The summed E-state index contributed by atoms with van der Waals surface area (Å²) in [6, 6.07) is 0. The van der Waals surface area contributed by atoms with Crippen molar-refractivity contribution in [3.8, 4) is 0 Å². The van der Waals surface area contributed by atoms with Gasteiger partial charge in [0.25, 0.3) is 0 Å². The first-order chi connectivity index (χ1) is 5.65. The molecule has 1 aliphatic rings. The molecule has 0 bridgehead atoms. The monoisotopic (exact) mass is 183 g/mol. The lowest BCUT2D eigenvalue weighted by Gasteiger charge is -2.26. The van der Waals surface area contributed by atoms with Crippen molar-refractivity contribution in [2.45, 2.75) is 48.0 Å². The fourth-order valence-corrected chi connectivity index (χ4v) is 3.21. The lowest BCUT2D eigenvalue weighted by molar-refractivity contribution is 0.248. The van der Waals surface area contributed by atoms with Crippen molar-refractivity contribution in [2.24, 2.45) is 27.9 Å². The Labute approximate surface area is 83.1 Å². The molecule has 1 aliphatic carbocycles. The van der Waals surface area contributed by atoms with Crippen molar-refractivity contribution in [1.29, 1.82) is 0 Å². The van der Waals surface area contributed by atoms with Gasteiger partial charge in [-0.1, -0.05) is 41.5 Å². The average molecular weight is 183 g/mol. The zero-order valence-electron chi connectivity index (χ0n) is 10.1. The molecule has 13 heavy (non-hydrogen) atoms. The summed E-state index contributed by atoms with van der Waals surface area (Å²) in [5.41, 5.74) is 7.16. The van der Waals surface area contributed by atoms with Gasteiger partial charge in [0.2, 0.25) is 0 Å². The Morgan fingerprint density at radius 3 is 1.85 bits per heavy atom. The Morgan fingerprint density at radius 2 is 1.62 bits per heavy atom. The molecule has 0 aromatic rings. The van der Waals surface area contributed by atoms with Crippen LogP contribution in [0.25, 0.3) is 0 Å². The summed E-state index contributed by atoms with van der Waals surface area (Å²) >= 11 is 0. The second-order valence-electron chi connectivity index (χ2n) is 6.66. The Hall–Kier alpha value is -0.0400. The van der Waals surface area contributed by atoms with Gasteiger partial charge in [0.15, 0.2) is 0 Å². The van der Waals surface area contributed by atoms with Crippen LogP contribution in [-0.4, -0.2) is 6.54 Å². The molecule has 1 nitrogen and oxygen atoms in total. The molecule has 1 rings (SSSR count). The first kappa shape index (κ1) is 11.0. The minimum absolute atomic E-state index is 0.427. The molecule has 0 amide bonds. The molecule has 2 atom stereocenters. The van der Waals surface area contributed by atoms with E-state index < -0.39 is 0 Å². The van der Waals surface area contributed by atoms with Gasteiger partial charge in [0.05, 0.1) is 0 Å². The smallest absolute Gasteiger partial charge is 0.00381 e. The highest BCUT2D eigenvalue weighted by Crippen LogP contribution is 2.71. The number of nitrogens with two attached hydrogens (primary N) is 1. The largest absolute Gasteiger partial charge is 0.330 e. The van der Waals surface area contributed by atoms with Crippen molar-refractivity contribution in [2.75, 3.05) is 6.54 Å². The highest BCUT2D eigenvalue weighted by Gasteiger charge is 2.66. The molecule has 0 heterocycles. The summed E-state index contributed by atoms with van der Waals surface area (Å²) in [5.74, 6) is 0.722. The average Bonchev–Trinajstić information content (AvgIpc) is 2.21. The van der Waals surface area contributed by atoms with E-state index in [9.17, 15) is 0 Å². The second kappa shape index (κ2) is 2.73. The van der Waals surface area contributed by atoms with Crippen LogP contribution < -0.4 is 5.73 Å². The van der Waals surface area contributed by atoms with E-state index >= 15 is 0 Å². The molecular formula is C12H25N. The molecule has 1 saturated carbocycles. The Bertz CT molecular complexity index is 200. The van der Waals surface area contributed by atoms with E-state index in [4.69, 9.17) is 5.73 Å². The zero-order chi connectivity index (χ0) is 10.5. The second-order valence-corrected chi connectivity index (χ2v) is 6.66. The summed E-state index contributed by atoms with van der Waals surface area (Å²) in [6.45, 7) is 14.9. The van der Waals surface area contributed by atoms with E-state index in [0.717, 1.165) is 12.5 Å². The molecule has 0 saturated heterocycles. The van der Waals surface area contributed by atoms with Gasteiger partial charge >= 0.3 is 0 Å². The minimum Gasteiger partial charge on any atom is -0.330 e. The molecule has 2 unspecified atom stereocenters. The summed E-state index contributed by atoms with van der Waals surface area (Å²) < 4.78 is 0. The molecule has 1 fully saturated rings. The van der Waals surface area contributed by atoms with E-state index in [1.54, 1.807) is 0 Å². The van der Waals surface area contributed by atoms with E-state index in [-0.39, 0.29) is 0 Å². The van der Waals surface area contributed by atoms with Crippen LogP contribution in [0.3, 0.4) is 0 Å². The summed E-state index contributed by atoms with van der Waals surface area (Å²) in [4.78, 5) is 0. The summed E-state index contributed by atoms with van der Waals surface area (Å²) in [5, 5.41) is 0. The van der Waals surface area contributed by atoms with E-state index in [2.05, 4.69) is 41.5 Å². The van der Waals surface area contributed by atoms with Gasteiger partial charge in [-0.05, 0) is 35.1 Å². The number of hydrogen-bond donors (Lipinski definition) is 1. The van der Waals surface area contributed by atoms with Gasteiger partial charge < -0.3 is 5.73 Å². The van der Waals surface area contributed by atoms with Crippen molar-refractivity contribution >= 4 is 0 Å². The highest BCUT2D eigenvalue weighted by atomic mass is 14.8. The Kier molecular flexibility index (Phi) is 2.31. The Morgan fingerprint density at radius 1 is 1.15 bits per heavy atom. The van der Waals surface area contributed by atoms with Crippen LogP contribution in [0, 0.1) is 22.2 Å². The predicted octanol–water partition coefficient (Wildman–Crippen LogP) is 3.04. The molecular weight excluding hydrogens is 158 g/mol. The van der Waals surface area contributed by atoms with Crippen LogP contribution in [0.2, 0.25) is 0 Å². The fraction of sp³-hybridized carbons (Fsp3) is 1.00. The van der Waals surface area contributed by atoms with Crippen LogP contribution in [0.15, 0.2) is 0 Å². The fourth-order valence-electron chi connectivity index (χ4n) is 3.21. The van der Waals surface area contributed by atoms with Gasteiger partial charge in [-0.15, -0.1) is 0 Å². The SMILES string of the molecule is CC(C)(C)CC1(C)C(CN)C1(C)C. The number of hydrogen-bond acceptors (Lipinski definition) is 1. The molecule has 0 spiro atoms. The molecule has 2 N–H and O–H groups in total. The van der Waals surface area contributed by atoms with Crippen LogP contribution >= 0.6 is 0 Å². The van der Waals surface area contributed by atoms with Gasteiger partial charge in [0, 0.05) is 0 Å². The van der Waals surface area contributed by atoms with Gasteiger partial charge in [-0.25, -0.2) is 0 Å². The first-order valence-corrected chi connectivity index (χ1v) is 5.35. The molecule has 0 aromatic carbocycles. The van der Waals surface area contributed by atoms with Gasteiger partial charge in [0.1, 0.15) is 0 Å². The Balaban J connectivity index is 2.71. The molecule has 0 radical (unpaired) electrons. The van der Waals surface area contributed by atoms with Crippen molar-refractivity contribution in [3.05, 3.63) is 0 Å². The minimum atomic E-state index is 0.427. The predicted molar refractivity (Wildman–Crippen MR) is 58.5 cm³/mol. The van der Waals surface area contributed by atoms with Crippen molar-refractivity contribution in [1.82, 2.24) is 0 Å². The maximum atomic E-state index is 5.80. The lowest BCUT2D eigenvalue weighted by atomic mass is 9.80. The van der Waals surface area contributed by atoms with Crippen LogP contribution in [-0.2, 0) is 0 Å². The lowest BCUT2D eigenvalue weighted by Crippen LogP contribution is -2.17. The van der Waals surface area contributed by atoms with E-state index in [0.29, 0.717) is 16.2 Å².